The Morgan fingerprint density at radius 1 is 1.11 bits per heavy atom. The molecule has 0 unspecified atom stereocenters. The SMILES string of the molecule is O=C(CC1CCCC1)N[C@H]1CCCc2nc(N3CCC(CO)CC3)ncc21. The van der Waals surface area contributed by atoms with E-state index in [1.54, 1.807) is 0 Å². The first-order valence-corrected chi connectivity index (χ1v) is 10.7. The molecule has 6 nitrogen and oxygen atoms in total. The van der Waals surface area contributed by atoms with E-state index in [1.165, 1.54) is 25.7 Å². The highest BCUT2D eigenvalue weighted by Gasteiger charge is 2.27. The van der Waals surface area contributed by atoms with Crippen LogP contribution < -0.4 is 10.2 Å². The maximum absolute atomic E-state index is 12.5. The van der Waals surface area contributed by atoms with Crippen LogP contribution in [0.15, 0.2) is 6.20 Å². The van der Waals surface area contributed by atoms with Crippen molar-refractivity contribution in [1.29, 1.82) is 0 Å². The fourth-order valence-corrected chi connectivity index (χ4v) is 4.88. The summed E-state index contributed by atoms with van der Waals surface area (Å²) < 4.78 is 0. The summed E-state index contributed by atoms with van der Waals surface area (Å²) in [7, 11) is 0. The van der Waals surface area contributed by atoms with Gasteiger partial charge in [0.2, 0.25) is 11.9 Å². The van der Waals surface area contributed by atoms with E-state index in [0.717, 1.165) is 62.4 Å². The number of carbonyl (C=O) groups is 1. The number of hydrogen-bond acceptors (Lipinski definition) is 5. The Balaban J connectivity index is 1.40. The molecule has 0 aromatic carbocycles. The molecule has 1 saturated heterocycles. The van der Waals surface area contributed by atoms with Gasteiger partial charge < -0.3 is 15.3 Å². The van der Waals surface area contributed by atoms with E-state index >= 15 is 0 Å². The van der Waals surface area contributed by atoms with Gasteiger partial charge in [0.15, 0.2) is 0 Å². The molecule has 1 atom stereocenters. The maximum Gasteiger partial charge on any atom is 0.225 e. The summed E-state index contributed by atoms with van der Waals surface area (Å²) >= 11 is 0. The second-order valence-corrected chi connectivity index (χ2v) is 8.55. The van der Waals surface area contributed by atoms with Gasteiger partial charge in [-0.05, 0) is 56.8 Å². The van der Waals surface area contributed by atoms with E-state index in [4.69, 9.17) is 4.98 Å². The first-order valence-electron chi connectivity index (χ1n) is 10.7. The van der Waals surface area contributed by atoms with Gasteiger partial charge in [-0.25, -0.2) is 9.97 Å². The molecule has 2 N–H and O–H groups in total. The minimum Gasteiger partial charge on any atom is -0.396 e. The number of anilines is 1. The zero-order valence-corrected chi connectivity index (χ0v) is 16.2. The predicted octanol–water partition coefficient (Wildman–Crippen LogP) is 2.76. The second-order valence-electron chi connectivity index (χ2n) is 8.55. The molecular weight excluding hydrogens is 340 g/mol. The summed E-state index contributed by atoms with van der Waals surface area (Å²) in [5.41, 5.74) is 2.21. The fraction of sp³-hybridized carbons (Fsp3) is 0.762. The number of amides is 1. The Bertz CT molecular complexity index is 652. The number of nitrogens with one attached hydrogen (secondary N) is 1. The summed E-state index contributed by atoms with van der Waals surface area (Å²) in [4.78, 5) is 24.2. The van der Waals surface area contributed by atoms with E-state index in [9.17, 15) is 9.90 Å². The Morgan fingerprint density at radius 2 is 1.89 bits per heavy atom. The molecular formula is C21H32N4O2. The lowest BCUT2D eigenvalue weighted by Crippen LogP contribution is -2.37. The predicted molar refractivity (Wildman–Crippen MR) is 104 cm³/mol. The van der Waals surface area contributed by atoms with Crippen LogP contribution in [0.2, 0.25) is 0 Å². The largest absolute Gasteiger partial charge is 0.396 e. The number of carbonyl (C=O) groups excluding carboxylic acids is 1. The van der Waals surface area contributed by atoms with Crippen molar-refractivity contribution in [2.45, 2.75) is 70.3 Å². The van der Waals surface area contributed by atoms with Crippen LogP contribution in [0.25, 0.3) is 0 Å². The average Bonchev–Trinajstić information content (AvgIpc) is 3.21. The number of aryl methyl sites for hydroxylation is 1. The van der Waals surface area contributed by atoms with E-state index in [2.05, 4.69) is 15.2 Å². The summed E-state index contributed by atoms with van der Waals surface area (Å²) in [5, 5.41) is 12.6. The van der Waals surface area contributed by atoms with E-state index in [1.807, 2.05) is 6.20 Å². The molecule has 3 aliphatic rings. The molecule has 2 aliphatic carbocycles. The molecule has 2 heterocycles. The van der Waals surface area contributed by atoms with Gasteiger partial charge in [0.1, 0.15) is 0 Å². The maximum atomic E-state index is 12.5. The van der Waals surface area contributed by atoms with E-state index < -0.39 is 0 Å². The molecule has 1 saturated carbocycles. The van der Waals surface area contributed by atoms with E-state index in [0.29, 0.717) is 18.3 Å². The van der Waals surface area contributed by atoms with Crippen molar-refractivity contribution in [3.05, 3.63) is 17.5 Å². The van der Waals surface area contributed by atoms with Gasteiger partial charge in [0.25, 0.3) is 0 Å². The number of aliphatic hydroxyl groups excluding tert-OH is 1. The topological polar surface area (TPSA) is 78.4 Å². The number of aromatic nitrogens is 2. The normalized spacial score (nSPS) is 24.0. The van der Waals surface area contributed by atoms with Crippen molar-refractivity contribution in [2.24, 2.45) is 11.8 Å². The quantitative estimate of drug-likeness (QED) is 0.831. The third-order valence-corrected chi connectivity index (χ3v) is 6.61. The monoisotopic (exact) mass is 372 g/mol. The van der Waals surface area contributed by atoms with Gasteiger partial charge in [-0.1, -0.05) is 12.8 Å². The molecule has 0 radical (unpaired) electrons. The van der Waals surface area contributed by atoms with Crippen molar-refractivity contribution in [3.8, 4) is 0 Å². The van der Waals surface area contributed by atoms with Crippen molar-refractivity contribution >= 4 is 11.9 Å². The Kier molecular flexibility index (Phi) is 5.91. The molecule has 1 aromatic rings. The molecule has 148 valence electrons. The lowest BCUT2D eigenvalue weighted by molar-refractivity contribution is -0.122. The molecule has 1 amide bonds. The molecule has 0 spiro atoms. The zero-order chi connectivity index (χ0) is 18.6. The number of rotatable bonds is 5. The van der Waals surface area contributed by atoms with Crippen LogP contribution in [0.3, 0.4) is 0 Å². The molecule has 4 rings (SSSR count). The van der Waals surface area contributed by atoms with Gasteiger partial charge in [-0.3, -0.25) is 4.79 Å². The first-order chi connectivity index (χ1) is 13.2. The molecule has 2 fully saturated rings. The lowest BCUT2D eigenvalue weighted by Gasteiger charge is -2.32. The average molecular weight is 373 g/mol. The van der Waals surface area contributed by atoms with Crippen molar-refractivity contribution in [2.75, 3.05) is 24.6 Å². The van der Waals surface area contributed by atoms with Gasteiger partial charge >= 0.3 is 0 Å². The smallest absolute Gasteiger partial charge is 0.225 e. The van der Waals surface area contributed by atoms with Gasteiger partial charge in [-0.2, -0.15) is 0 Å². The van der Waals surface area contributed by atoms with Gasteiger partial charge in [-0.15, -0.1) is 0 Å². The van der Waals surface area contributed by atoms with Crippen LogP contribution in [0, 0.1) is 11.8 Å². The summed E-state index contributed by atoms with van der Waals surface area (Å²) in [6, 6.07) is 0.0665. The first kappa shape index (κ1) is 18.7. The van der Waals surface area contributed by atoms with Crippen molar-refractivity contribution in [1.82, 2.24) is 15.3 Å². The van der Waals surface area contributed by atoms with E-state index in [-0.39, 0.29) is 18.6 Å². The Hall–Kier alpha value is -1.69. The number of aliphatic hydroxyl groups is 1. The molecule has 1 aromatic heterocycles. The Morgan fingerprint density at radius 3 is 2.63 bits per heavy atom. The summed E-state index contributed by atoms with van der Waals surface area (Å²) in [5.74, 6) is 1.99. The number of hydrogen-bond donors (Lipinski definition) is 2. The Labute approximate surface area is 161 Å². The molecule has 27 heavy (non-hydrogen) atoms. The van der Waals surface area contributed by atoms with Crippen LogP contribution in [0.1, 0.15) is 75.1 Å². The van der Waals surface area contributed by atoms with Crippen LogP contribution >= 0.6 is 0 Å². The second kappa shape index (κ2) is 8.55. The lowest BCUT2D eigenvalue weighted by atomic mass is 9.92. The molecule has 0 bridgehead atoms. The summed E-state index contributed by atoms with van der Waals surface area (Å²) in [6.07, 6.45) is 12.6. The van der Waals surface area contributed by atoms with Crippen LogP contribution in [-0.4, -0.2) is 40.7 Å². The zero-order valence-electron chi connectivity index (χ0n) is 16.2. The molecule has 6 heteroatoms. The number of fused-ring (bicyclic) bond motifs is 1. The minimum absolute atomic E-state index is 0.0665. The number of piperidine rings is 1. The standard InChI is InChI=1S/C21H32N4O2/c26-14-16-8-10-25(11-9-16)21-22-13-17-18(6-3-7-19(17)24-21)23-20(27)12-15-4-1-2-5-15/h13,15-16,18,26H,1-12,14H2,(H,23,27)/t18-/m0/s1. The highest BCUT2D eigenvalue weighted by Crippen LogP contribution is 2.31. The van der Waals surface area contributed by atoms with Crippen LogP contribution in [0.5, 0.6) is 0 Å². The molecule has 1 aliphatic heterocycles. The third-order valence-electron chi connectivity index (χ3n) is 6.61. The fourth-order valence-electron chi connectivity index (χ4n) is 4.88. The van der Waals surface area contributed by atoms with Gasteiger partial charge in [0.05, 0.1) is 11.7 Å². The van der Waals surface area contributed by atoms with Gasteiger partial charge in [0, 0.05) is 37.9 Å². The number of nitrogens with zero attached hydrogens (tertiary/aromatic N) is 3. The van der Waals surface area contributed by atoms with Crippen LogP contribution in [-0.2, 0) is 11.2 Å². The minimum atomic E-state index is 0.0665. The summed E-state index contributed by atoms with van der Waals surface area (Å²) in [6.45, 7) is 2.10. The van der Waals surface area contributed by atoms with Crippen LogP contribution in [0.4, 0.5) is 5.95 Å². The third kappa shape index (κ3) is 4.42. The highest BCUT2D eigenvalue weighted by atomic mass is 16.3. The van der Waals surface area contributed by atoms with Crippen molar-refractivity contribution < 1.29 is 9.90 Å². The van der Waals surface area contributed by atoms with Crippen molar-refractivity contribution in [3.63, 3.8) is 0 Å². The highest BCUT2D eigenvalue weighted by molar-refractivity contribution is 5.76.